The molecule has 1 saturated heterocycles. The lowest BCUT2D eigenvalue weighted by molar-refractivity contribution is -0.151. The first-order chi connectivity index (χ1) is 33.2. The maximum Gasteiger partial charge on any atom is 0.345 e. The van der Waals surface area contributed by atoms with Crippen molar-refractivity contribution in [2.24, 2.45) is 0 Å². The number of aromatic nitrogens is 4. The summed E-state index contributed by atoms with van der Waals surface area (Å²) < 4.78 is 72.9. The summed E-state index contributed by atoms with van der Waals surface area (Å²) in [5, 5.41) is 43.5. The van der Waals surface area contributed by atoms with Crippen LogP contribution in [0.25, 0.3) is 43.2 Å². The van der Waals surface area contributed by atoms with Gasteiger partial charge in [-0.25, -0.2) is 34.4 Å². The standard InChI is InChI=1S/C46H40ClFN6O13S2/c47-40-36-12-10-33(41(40)55)38-39-44(50-24-51-45(39)68-42(38)25-5-7-27(48)8-6-25)66-37(46(56)57)18-26-17-30(63-22-31(65-36)20-53-15-16-54(58)29(19-53)23-69(60,61)62)9-11-34(26)64-21-28-13-14-49-43(52-28)32-3-1-2-4-35(32)67-59/h1-14,17,24,29,31,37,55,58-59H,15-16,18-23H2,(H,56,57)(H,60,61,62)/t29?,31-,37-/m1/s1. The normalized spacial score (nSPS) is 17.9. The summed E-state index contributed by atoms with van der Waals surface area (Å²) in [4.78, 5) is 38.2. The zero-order valence-corrected chi connectivity index (χ0v) is 38.3. The van der Waals surface area contributed by atoms with Gasteiger partial charge in [-0.2, -0.15) is 13.5 Å². The van der Waals surface area contributed by atoms with Gasteiger partial charge in [0, 0.05) is 60.4 Å². The van der Waals surface area contributed by atoms with Crippen LogP contribution in [0.4, 0.5) is 4.39 Å². The van der Waals surface area contributed by atoms with E-state index in [1.165, 1.54) is 42.1 Å². The van der Waals surface area contributed by atoms with Gasteiger partial charge in [0.25, 0.3) is 10.1 Å². The van der Waals surface area contributed by atoms with E-state index in [0.29, 0.717) is 37.7 Å². The SMILES string of the molecule is O=C(O)[C@H]1Cc2cc(ccc2OCc2ccnc(-c3ccccc3OO)n2)OC[C@@H](CN2CCN(O)C(CS(=O)(=O)O)C2)Oc2ccc(c(O)c2Cl)-c2c(-c3ccc(F)cc3)sc3ncnc(c23)O1. The van der Waals surface area contributed by atoms with Crippen LogP contribution < -0.4 is 23.8 Å². The second kappa shape index (κ2) is 20.1. The van der Waals surface area contributed by atoms with Gasteiger partial charge in [0.15, 0.2) is 11.6 Å². The lowest BCUT2D eigenvalue weighted by Crippen LogP contribution is -2.56. The highest BCUT2D eigenvalue weighted by atomic mass is 35.5. The van der Waals surface area contributed by atoms with Crippen molar-refractivity contribution in [3.05, 3.63) is 120 Å². The van der Waals surface area contributed by atoms with Crippen molar-refractivity contribution >= 4 is 49.2 Å². The minimum atomic E-state index is -4.46. The number of carboxylic acids is 1. The Balaban J connectivity index is 1.13. The first-order valence-corrected chi connectivity index (χ1v) is 23.9. The number of nitrogens with zero attached hydrogens (tertiary/aromatic N) is 6. The van der Waals surface area contributed by atoms with Gasteiger partial charge in [0.05, 0.1) is 28.4 Å². The molecule has 0 saturated carbocycles. The summed E-state index contributed by atoms with van der Waals surface area (Å²) in [6.07, 6.45) is -0.0823. The van der Waals surface area contributed by atoms with E-state index < -0.39 is 51.7 Å². The van der Waals surface area contributed by atoms with Gasteiger partial charge >= 0.3 is 5.97 Å². The van der Waals surface area contributed by atoms with E-state index >= 15 is 0 Å². The fourth-order valence-corrected chi connectivity index (χ4v) is 10.2. The van der Waals surface area contributed by atoms with Crippen molar-refractivity contribution in [1.29, 1.82) is 0 Å². The van der Waals surface area contributed by atoms with Crippen molar-refractivity contribution in [3.63, 3.8) is 0 Å². The van der Waals surface area contributed by atoms with E-state index in [0.717, 1.165) is 5.06 Å². The zero-order valence-electron chi connectivity index (χ0n) is 35.9. The molecule has 0 amide bonds. The first kappa shape index (κ1) is 47.3. The van der Waals surface area contributed by atoms with Crippen molar-refractivity contribution in [1.82, 2.24) is 29.9 Å². The number of phenols is 1. The Kier molecular flexibility index (Phi) is 13.8. The van der Waals surface area contributed by atoms with E-state index in [-0.39, 0.29) is 96.5 Å². The average molecular weight is 1000 g/mol. The predicted molar refractivity (Wildman–Crippen MR) is 247 cm³/mol. The molecular weight excluding hydrogens is 963 g/mol. The third kappa shape index (κ3) is 10.6. The molecule has 7 aromatic rings. The zero-order chi connectivity index (χ0) is 48.4. The number of hydrogen-bond acceptors (Lipinski definition) is 18. The number of hydroxylamine groups is 2. The van der Waals surface area contributed by atoms with Gasteiger partial charge < -0.3 is 39.3 Å². The lowest BCUT2D eigenvalue weighted by atomic mass is 9.98. The Morgan fingerprint density at radius 1 is 0.971 bits per heavy atom. The first-order valence-electron chi connectivity index (χ1n) is 21.1. The Labute approximate surface area is 401 Å². The number of aliphatic carboxylic acids is 1. The van der Waals surface area contributed by atoms with Gasteiger partial charge in [-0.3, -0.25) is 9.45 Å². The summed E-state index contributed by atoms with van der Waals surface area (Å²) in [5.41, 5.74) is 2.18. The van der Waals surface area contributed by atoms with E-state index in [1.54, 1.807) is 66.7 Å². The summed E-state index contributed by atoms with van der Waals surface area (Å²) >= 11 is 8.11. The highest BCUT2D eigenvalue weighted by Crippen LogP contribution is 2.52. The number of carbonyl (C=O) groups is 1. The smallest absolute Gasteiger partial charge is 0.345 e. The number of para-hydroxylation sites is 1. The third-order valence-corrected chi connectivity index (χ3v) is 13.6. The molecule has 4 bridgehead atoms. The summed E-state index contributed by atoms with van der Waals surface area (Å²) in [6, 6.07) is 20.8. The highest BCUT2D eigenvalue weighted by Gasteiger charge is 2.33. The molecule has 69 heavy (non-hydrogen) atoms. The molecule has 358 valence electrons. The van der Waals surface area contributed by atoms with E-state index in [1.807, 2.05) is 4.90 Å². The number of ether oxygens (including phenoxy) is 4. The lowest BCUT2D eigenvalue weighted by Gasteiger charge is -2.38. The van der Waals surface area contributed by atoms with Gasteiger partial charge in [-0.05, 0) is 66.2 Å². The Hall–Kier alpha value is -6.76. The summed E-state index contributed by atoms with van der Waals surface area (Å²) in [5.74, 6) is -2.23. The molecule has 19 nitrogen and oxygen atoms in total. The van der Waals surface area contributed by atoms with Crippen molar-refractivity contribution in [2.75, 3.05) is 38.5 Å². The Morgan fingerprint density at radius 2 is 1.78 bits per heavy atom. The molecule has 1 unspecified atom stereocenters. The Morgan fingerprint density at radius 3 is 2.57 bits per heavy atom. The molecule has 6 heterocycles. The molecule has 1 fully saturated rings. The van der Waals surface area contributed by atoms with E-state index in [9.17, 15) is 42.8 Å². The molecule has 0 aliphatic carbocycles. The summed E-state index contributed by atoms with van der Waals surface area (Å²) in [7, 11) is -4.46. The second-order valence-corrected chi connectivity index (χ2v) is 18.9. The molecule has 3 aliphatic rings. The molecule has 3 atom stereocenters. The molecule has 10 rings (SSSR count). The molecular formula is C46H40ClFN6O13S2. The maximum absolute atomic E-state index is 14.3. The van der Waals surface area contributed by atoms with Crippen molar-refractivity contribution in [3.8, 4) is 67.6 Å². The highest BCUT2D eigenvalue weighted by molar-refractivity contribution is 7.85. The third-order valence-electron chi connectivity index (χ3n) is 11.3. The molecule has 5 N–H and O–H groups in total. The second-order valence-electron chi connectivity index (χ2n) is 16.0. The maximum atomic E-state index is 14.3. The van der Waals surface area contributed by atoms with Gasteiger partial charge in [-0.15, -0.1) is 11.3 Å². The molecule has 4 aromatic carbocycles. The molecule has 3 aliphatic heterocycles. The molecule has 23 heteroatoms. The largest absolute Gasteiger partial charge is 0.506 e. The van der Waals surface area contributed by atoms with Crippen LogP contribution in [0.15, 0.2) is 97.5 Å². The van der Waals surface area contributed by atoms with Crippen LogP contribution >= 0.6 is 22.9 Å². The number of rotatable bonds is 11. The van der Waals surface area contributed by atoms with Crippen LogP contribution in [-0.4, -0.2) is 126 Å². The van der Waals surface area contributed by atoms with E-state index in [4.69, 9.17) is 30.5 Å². The number of thiophene rings is 1. The van der Waals surface area contributed by atoms with Gasteiger partial charge in [0.1, 0.15) is 64.3 Å². The predicted octanol–water partition coefficient (Wildman–Crippen LogP) is 6.89. The van der Waals surface area contributed by atoms with Crippen LogP contribution in [0.5, 0.6) is 34.6 Å². The number of fused-ring (bicyclic) bond motifs is 7. The number of benzene rings is 4. The number of halogens is 2. The minimum Gasteiger partial charge on any atom is -0.506 e. The quantitative estimate of drug-likeness (QED) is 0.0502. The van der Waals surface area contributed by atoms with Crippen LogP contribution in [0, 0.1) is 5.82 Å². The van der Waals surface area contributed by atoms with Crippen LogP contribution in [-0.2, 0) is 27.9 Å². The van der Waals surface area contributed by atoms with Crippen LogP contribution in [0.1, 0.15) is 11.3 Å². The molecule has 3 aromatic heterocycles. The van der Waals surface area contributed by atoms with Crippen LogP contribution in [0.3, 0.4) is 0 Å². The minimum absolute atomic E-state index is 0.0121. The monoisotopic (exact) mass is 1000 g/mol. The van der Waals surface area contributed by atoms with E-state index in [2.05, 4.69) is 24.8 Å². The van der Waals surface area contributed by atoms with Crippen molar-refractivity contribution in [2.45, 2.75) is 31.3 Å². The molecule has 0 radical (unpaired) electrons. The van der Waals surface area contributed by atoms with Gasteiger partial charge in [0.2, 0.25) is 12.0 Å². The number of hydrogen-bond donors (Lipinski definition) is 5. The number of carboxylic acid groups (broad SMARTS) is 1. The average Bonchev–Trinajstić information content (AvgIpc) is 3.72. The number of aromatic hydroxyl groups is 1. The van der Waals surface area contributed by atoms with Crippen LogP contribution in [0.2, 0.25) is 5.02 Å². The Bertz CT molecular complexity index is 3150. The topological polar surface area (TPSA) is 257 Å². The number of phenolic OH excluding ortho intramolecular Hbond substituents is 1. The van der Waals surface area contributed by atoms with Gasteiger partial charge in [-0.1, -0.05) is 35.9 Å². The fourth-order valence-electron chi connectivity index (χ4n) is 8.08. The number of piperazine rings is 1. The molecule has 0 spiro atoms. The summed E-state index contributed by atoms with van der Waals surface area (Å²) in [6.45, 7) is 0.108. The van der Waals surface area contributed by atoms with Crippen molar-refractivity contribution < 1.29 is 66.7 Å². The fraction of sp³-hybridized carbons (Fsp3) is 0.239.